The van der Waals surface area contributed by atoms with Gasteiger partial charge >= 0.3 is 0 Å². The van der Waals surface area contributed by atoms with E-state index in [1.807, 2.05) is 0 Å². The lowest BCUT2D eigenvalue weighted by Gasteiger charge is -2.04. The fourth-order valence-electron chi connectivity index (χ4n) is 0.121. The van der Waals surface area contributed by atoms with Crippen molar-refractivity contribution in [1.82, 2.24) is 4.90 Å². The van der Waals surface area contributed by atoms with Gasteiger partial charge in [0.05, 0.1) is 0 Å². The van der Waals surface area contributed by atoms with Gasteiger partial charge in [0.25, 0.3) is 0 Å². The average molecular weight is 105 g/mol. The van der Waals surface area contributed by atoms with Crippen molar-refractivity contribution in [1.29, 1.82) is 0 Å². The van der Waals surface area contributed by atoms with Crippen molar-refractivity contribution in [3.05, 3.63) is 0 Å². The van der Waals surface area contributed by atoms with Gasteiger partial charge in [-0.25, -0.2) is 10.1 Å². The number of hydrogen-bond donors (Lipinski definition) is 1. The van der Waals surface area contributed by atoms with Crippen molar-refractivity contribution in [3.8, 4) is 0 Å². The molecule has 0 aliphatic carbocycles. The van der Waals surface area contributed by atoms with Crippen molar-refractivity contribution < 1.29 is 14.9 Å². The second kappa shape index (κ2) is 3.58. The van der Waals surface area contributed by atoms with E-state index < -0.39 is 0 Å². The zero-order valence-corrected chi connectivity index (χ0v) is 4.00. The molecule has 0 heterocycles. The first-order valence-electron chi connectivity index (χ1n) is 1.73. The third-order valence-corrected chi connectivity index (χ3v) is 0.441. The van der Waals surface area contributed by atoms with Crippen molar-refractivity contribution in [2.24, 2.45) is 0 Å². The van der Waals surface area contributed by atoms with E-state index in [1.54, 1.807) is 0 Å². The van der Waals surface area contributed by atoms with Gasteiger partial charge in [-0.3, -0.25) is 4.79 Å². The standard InChI is InChI=1S/C3H7NO3/c1-4(2-5)3-7-6/h2,6H,3H2,1H3. The summed E-state index contributed by atoms with van der Waals surface area (Å²) < 4.78 is 0. The van der Waals surface area contributed by atoms with Gasteiger partial charge in [0.2, 0.25) is 6.41 Å². The zero-order chi connectivity index (χ0) is 5.70. The van der Waals surface area contributed by atoms with E-state index in [1.165, 1.54) is 7.05 Å². The molecule has 0 saturated heterocycles. The molecule has 0 spiro atoms. The van der Waals surface area contributed by atoms with Crippen LogP contribution in [0.25, 0.3) is 0 Å². The van der Waals surface area contributed by atoms with Gasteiger partial charge in [0, 0.05) is 7.05 Å². The molecule has 0 atom stereocenters. The summed E-state index contributed by atoms with van der Waals surface area (Å²) in [5.41, 5.74) is 0. The van der Waals surface area contributed by atoms with E-state index in [-0.39, 0.29) is 6.73 Å². The highest BCUT2D eigenvalue weighted by Crippen LogP contribution is 1.70. The van der Waals surface area contributed by atoms with Crippen LogP contribution in [0.3, 0.4) is 0 Å². The maximum absolute atomic E-state index is 9.63. The first-order chi connectivity index (χ1) is 3.31. The van der Waals surface area contributed by atoms with E-state index >= 15 is 0 Å². The van der Waals surface area contributed by atoms with Crippen LogP contribution in [0.4, 0.5) is 0 Å². The first kappa shape index (κ1) is 6.39. The van der Waals surface area contributed by atoms with Crippen LogP contribution in [0.2, 0.25) is 0 Å². The third kappa shape index (κ3) is 3.21. The lowest BCUT2D eigenvalue weighted by molar-refractivity contribution is -0.263. The van der Waals surface area contributed by atoms with Crippen molar-refractivity contribution in [2.45, 2.75) is 0 Å². The largest absolute Gasteiger partial charge is 0.322 e. The molecule has 42 valence electrons. The molecular formula is C3H7NO3. The minimum atomic E-state index is -0.0799. The molecule has 0 bridgehead atoms. The van der Waals surface area contributed by atoms with Crippen LogP contribution in [-0.2, 0) is 9.68 Å². The van der Waals surface area contributed by atoms with Gasteiger partial charge in [-0.1, -0.05) is 0 Å². The smallest absolute Gasteiger partial charge is 0.211 e. The normalized spacial score (nSPS) is 8.29. The summed E-state index contributed by atoms with van der Waals surface area (Å²) in [4.78, 5) is 14.4. The van der Waals surface area contributed by atoms with E-state index in [2.05, 4.69) is 4.89 Å². The lowest BCUT2D eigenvalue weighted by Crippen LogP contribution is -2.18. The summed E-state index contributed by atoms with van der Waals surface area (Å²) in [6, 6.07) is 0. The molecule has 0 aliphatic heterocycles. The molecule has 0 aromatic heterocycles. The monoisotopic (exact) mass is 105 g/mol. The van der Waals surface area contributed by atoms with Gasteiger partial charge in [-0.2, -0.15) is 0 Å². The predicted octanol–water partition coefficient (Wildman–Crippen LogP) is -0.478. The highest BCUT2D eigenvalue weighted by molar-refractivity contribution is 5.45. The Hall–Kier alpha value is -0.610. The molecule has 4 nitrogen and oxygen atoms in total. The van der Waals surface area contributed by atoms with Gasteiger partial charge in [0.1, 0.15) is 0 Å². The van der Waals surface area contributed by atoms with Crippen molar-refractivity contribution >= 4 is 6.41 Å². The SMILES string of the molecule is CN(C=O)COO. The Morgan fingerprint density at radius 1 is 2.00 bits per heavy atom. The molecule has 0 fully saturated rings. The van der Waals surface area contributed by atoms with E-state index in [9.17, 15) is 4.79 Å². The number of amides is 1. The second-order valence-electron chi connectivity index (χ2n) is 1.12. The molecule has 1 N–H and O–H groups in total. The Bertz CT molecular complexity index is 56.1. The van der Waals surface area contributed by atoms with Gasteiger partial charge in [0.15, 0.2) is 6.73 Å². The van der Waals surface area contributed by atoms with Gasteiger partial charge in [-0.15, -0.1) is 0 Å². The number of nitrogens with zero attached hydrogens (tertiary/aromatic N) is 1. The molecule has 0 aromatic carbocycles. The quantitative estimate of drug-likeness (QED) is 0.228. The summed E-state index contributed by atoms with van der Waals surface area (Å²) in [5, 5.41) is 7.67. The topological polar surface area (TPSA) is 49.8 Å². The molecule has 0 aromatic rings. The Labute approximate surface area is 41.2 Å². The molecular weight excluding hydrogens is 98.0 g/mol. The van der Waals surface area contributed by atoms with Crippen LogP contribution in [0, 0.1) is 0 Å². The molecule has 0 rings (SSSR count). The Kier molecular flexibility index (Phi) is 3.26. The fourth-order valence-corrected chi connectivity index (χ4v) is 0.121. The van der Waals surface area contributed by atoms with Crippen molar-refractivity contribution in [3.63, 3.8) is 0 Å². The Balaban J connectivity index is 2.98. The Morgan fingerprint density at radius 3 is 2.71 bits per heavy atom. The summed E-state index contributed by atoms with van der Waals surface area (Å²) in [5.74, 6) is 0. The summed E-state index contributed by atoms with van der Waals surface area (Å²) in [7, 11) is 1.49. The average Bonchev–Trinajstić information content (AvgIpc) is 1.68. The zero-order valence-electron chi connectivity index (χ0n) is 4.00. The maximum atomic E-state index is 9.63. The number of hydrogen-bond acceptors (Lipinski definition) is 3. The predicted molar refractivity (Wildman–Crippen MR) is 22.4 cm³/mol. The van der Waals surface area contributed by atoms with Crippen LogP contribution in [-0.4, -0.2) is 30.3 Å². The van der Waals surface area contributed by atoms with E-state index in [4.69, 9.17) is 5.26 Å². The maximum Gasteiger partial charge on any atom is 0.211 e. The minimum absolute atomic E-state index is 0.0799. The highest BCUT2D eigenvalue weighted by atomic mass is 17.1. The van der Waals surface area contributed by atoms with Crippen LogP contribution in [0.5, 0.6) is 0 Å². The van der Waals surface area contributed by atoms with Crippen LogP contribution in [0.15, 0.2) is 0 Å². The molecule has 1 amide bonds. The molecule has 0 aliphatic rings. The minimum Gasteiger partial charge on any atom is -0.322 e. The van der Waals surface area contributed by atoms with Crippen LogP contribution in [0.1, 0.15) is 0 Å². The van der Waals surface area contributed by atoms with Crippen LogP contribution >= 0.6 is 0 Å². The fraction of sp³-hybridized carbons (Fsp3) is 0.667. The molecule has 0 saturated carbocycles. The first-order valence-corrected chi connectivity index (χ1v) is 1.73. The molecule has 4 heteroatoms. The van der Waals surface area contributed by atoms with E-state index in [0.717, 1.165) is 4.90 Å². The molecule has 7 heavy (non-hydrogen) atoms. The lowest BCUT2D eigenvalue weighted by atomic mass is 10.9. The van der Waals surface area contributed by atoms with Gasteiger partial charge < -0.3 is 4.90 Å². The molecule has 0 radical (unpaired) electrons. The summed E-state index contributed by atoms with van der Waals surface area (Å²) in [6.45, 7) is -0.0799. The Morgan fingerprint density at radius 2 is 2.57 bits per heavy atom. The van der Waals surface area contributed by atoms with E-state index in [0.29, 0.717) is 6.41 Å². The van der Waals surface area contributed by atoms with Crippen LogP contribution < -0.4 is 0 Å². The molecule has 0 unspecified atom stereocenters. The highest BCUT2D eigenvalue weighted by Gasteiger charge is 1.86. The number of carbonyl (C=O) groups excluding carboxylic acids is 1. The van der Waals surface area contributed by atoms with Crippen molar-refractivity contribution in [2.75, 3.05) is 13.8 Å². The summed E-state index contributed by atoms with van der Waals surface area (Å²) in [6.07, 6.45) is 0.552. The number of rotatable bonds is 3. The van der Waals surface area contributed by atoms with Gasteiger partial charge in [-0.05, 0) is 0 Å². The second-order valence-corrected chi connectivity index (χ2v) is 1.12. The third-order valence-electron chi connectivity index (χ3n) is 0.441. The number of carbonyl (C=O) groups is 1. The summed E-state index contributed by atoms with van der Waals surface area (Å²) >= 11 is 0.